The highest BCUT2D eigenvalue weighted by molar-refractivity contribution is 7.17. The van der Waals surface area contributed by atoms with Gasteiger partial charge in [0.25, 0.3) is 5.91 Å². The number of carbonyl (C=O) groups excluding carboxylic acids is 2. The van der Waals surface area contributed by atoms with Gasteiger partial charge in [-0.3, -0.25) is 4.79 Å². The van der Waals surface area contributed by atoms with Gasteiger partial charge in [0, 0.05) is 4.88 Å². The number of unbranched alkanes of at least 4 members (excludes halogenated alkanes) is 2. The molecule has 0 saturated heterocycles. The predicted octanol–water partition coefficient (Wildman–Crippen LogP) is 6.51. The van der Waals surface area contributed by atoms with Gasteiger partial charge in [-0.1, -0.05) is 52.7 Å². The molecule has 6 heteroatoms. The van der Waals surface area contributed by atoms with Gasteiger partial charge in [-0.15, -0.1) is 11.3 Å². The van der Waals surface area contributed by atoms with Crippen molar-refractivity contribution in [2.24, 2.45) is 11.3 Å². The van der Waals surface area contributed by atoms with E-state index in [1.54, 1.807) is 6.07 Å². The smallest absolute Gasteiger partial charge is 0.341 e. The molecule has 174 valence electrons. The molecular formula is C26H35NO4S. The molecule has 1 heterocycles. The number of esters is 1. The van der Waals surface area contributed by atoms with Crippen LogP contribution in [0.3, 0.4) is 0 Å². The van der Waals surface area contributed by atoms with Crippen LogP contribution in [0.2, 0.25) is 0 Å². The third-order valence-electron chi connectivity index (χ3n) is 6.24. The Hall–Kier alpha value is -2.34. The first-order chi connectivity index (χ1) is 15.3. The fourth-order valence-corrected chi connectivity index (χ4v) is 5.53. The molecule has 0 saturated carbocycles. The summed E-state index contributed by atoms with van der Waals surface area (Å²) in [5, 5.41) is 3.57. The average Bonchev–Trinajstić information content (AvgIpc) is 3.12. The zero-order valence-corrected chi connectivity index (χ0v) is 20.7. The second-order valence-corrected chi connectivity index (χ2v) is 10.6. The van der Waals surface area contributed by atoms with Crippen LogP contribution >= 0.6 is 11.3 Å². The zero-order valence-electron chi connectivity index (χ0n) is 19.9. The molecule has 2 aromatic rings. The quantitative estimate of drug-likeness (QED) is 0.363. The molecule has 5 nitrogen and oxygen atoms in total. The Morgan fingerprint density at radius 2 is 1.94 bits per heavy atom. The number of hydrogen-bond acceptors (Lipinski definition) is 5. The molecule has 1 aliphatic rings. The maximum absolute atomic E-state index is 13.2. The van der Waals surface area contributed by atoms with Crippen molar-refractivity contribution in [2.75, 3.05) is 19.0 Å². The fourth-order valence-electron chi connectivity index (χ4n) is 4.22. The number of nitrogens with one attached hydrogen (secondary N) is 1. The molecule has 1 aromatic carbocycles. The van der Waals surface area contributed by atoms with E-state index in [0.717, 1.165) is 44.1 Å². The third-order valence-corrected chi connectivity index (χ3v) is 7.41. The first kappa shape index (κ1) is 24.3. The summed E-state index contributed by atoms with van der Waals surface area (Å²) in [4.78, 5) is 27.0. The van der Waals surface area contributed by atoms with Crippen LogP contribution in [-0.2, 0) is 17.6 Å². The van der Waals surface area contributed by atoms with Gasteiger partial charge in [0.05, 0.1) is 24.8 Å². The molecule has 0 radical (unpaired) electrons. The van der Waals surface area contributed by atoms with E-state index in [2.05, 4.69) is 33.0 Å². The van der Waals surface area contributed by atoms with Crippen molar-refractivity contribution in [2.45, 2.75) is 66.2 Å². The summed E-state index contributed by atoms with van der Waals surface area (Å²) < 4.78 is 11.0. The maximum atomic E-state index is 13.2. The summed E-state index contributed by atoms with van der Waals surface area (Å²) >= 11 is 1.51. The van der Waals surface area contributed by atoms with Gasteiger partial charge in [-0.2, -0.15) is 0 Å². The molecule has 1 unspecified atom stereocenters. The first-order valence-corrected chi connectivity index (χ1v) is 12.3. The molecule has 0 spiro atoms. The molecule has 0 aliphatic heterocycles. The highest BCUT2D eigenvalue weighted by Gasteiger charge is 2.34. The molecule has 1 N–H and O–H groups in total. The Kier molecular flexibility index (Phi) is 7.99. The molecule has 1 atom stereocenters. The number of para-hydroxylation sites is 1. The normalized spacial score (nSPS) is 15.7. The van der Waals surface area contributed by atoms with Crippen molar-refractivity contribution in [3.8, 4) is 5.75 Å². The Morgan fingerprint density at radius 3 is 2.62 bits per heavy atom. The number of methoxy groups -OCH3 is 1. The lowest BCUT2D eigenvalue weighted by molar-refractivity contribution is 0.0600. The molecule has 1 aliphatic carbocycles. The summed E-state index contributed by atoms with van der Waals surface area (Å²) in [7, 11) is 1.39. The number of ether oxygens (including phenoxy) is 2. The van der Waals surface area contributed by atoms with Crippen LogP contribution in [0.25, 0.3) is 0 Å². The van der Waals surface area contributed by atoms with Crippen molar-refractivity contribution >= 4 is 28.2 Å². The van der Waals surface area contributed by atoms with Crippen molar-refractivity contribution in [3.63, 3.8) is 0 Å². The zero-order chi connectivity index (χ0) is 23.3. The molecule has 3 rings (SSSR count). The number of hydrogen-bond donors (Lipinski definition) is 1. The Labute approximate surface area is 195 Å². The van der Waals surface area contributed by atoms with E-state index in [9.17, 15) is 9.59 Å². The molecule has 0 bridgehead atoms. The first-order valence-electron chi connectivity index (χ1n) is 11.5. The van der Waals surface area contributed by atoms with Crippen molar-refractivity contribution in [1.29, 1.82) is 0 Å². The fraction of sp³-hybridized carbons (Fsp3) is 0.538. The highest BCUT2D eigenvalue weighted by Crippen LogP contribution is 2.44. The third kappa shape index (κ3) is 5.52. The molecular weight excluding hydrogens is 422 g/mol. The summed E-state index contributed by atoms with van der Waals surface area (Å²) in [6, 6.07) is 7.26. The van der Waals surface area contributed by atoms with Crippen molar-refractivity contribution in [1.82, 2.24) is 0 Å². The SMILES string of the molecule is CCCCCOc1ccccc1C(=O)Nc1sc2c(c1C(=O)OC)CCC(C(C)(C)C)C2. The van der Waals surface area contributed by atoms with E-state index in [4.69, 9.17) is 9.47 Å². The summed E-state index contributed by atoms with van der Waals surface area (Å²) in [6.07, 6.45) is 5.92. The van der Waals surface area contributed by atoms with E-state index < -0.39 is 5.97 Å². The van der Waals surface area contributed by atoms with E-state index in [1.807, 2.05) is 18.2 Å². The number of fused-ring (bicyclic) bond motifs is 1. The number of rotatable bonds is 8. The van der Waals surface area contributed by atoms with Gasteiger partial charge in [0.15, 0.2) is 0 Å². The lowest BCUT2D eigenvalue weighted by Crippen LogP contribution is -2.26. The minimum atomic E-state index is -0.392. The highest BCUT2D eigenvalue weighted by atomic mass is 32.1. The Morgan fingerprint density at radius 1 is 1.19 bits per heavy atom. The Bertz CT molecular complexity index is 957. The van der Waals surface area contributed by atoms with E-state index in [0.29, 0.717) is 34.4 Å². The molecule has 1 amide bonds. The van der Waals surface area contributed by atoms with Crippen LogP contribution in [0.15, 0.2) is 24.3 Å². The maximum Gasteiger partial charge on any atom is 0.341 e. The van der Waals surface area contributed by atoms with Crippen LogP contribution in [0.1, 0.15) is 84.5 Å². The monoisotopic (exact) mass is 457 g/mol. The number of carbonyl (C=O) groups is 2. The molecule has 1 aromatic heterocycles. The van der Waals surface area contributed by atoms with Crippen LogP contribution in [0, 0.1) is 11.3 Å². The topological polar surface area (TPSA) is 64.6 Å². The minimum absolute atomic E-state index is 0.199. The standard InChI is InChI=1S/C26H35NO4S/c1-6-7-10-15-31-20-12-9-8-11-18(20)23(28)27-24-22(25(29)30-5)19-14-13-17(26(2,3)4)16-21(19)32-24/h8-9,11-12,17H,6-7,10,13-16H2,1-5H3,(H,27,28). The number of thiophene rings is 1. The van der Waals surface area contributed by atoms with Crippen molar-refractivity contribution in [3.05, 3.63) is 45.8 Å². The van der Waals surface area contributed by atoms with Gasteiger partial charge in [0.2, 0.25) is 0 Å². The summed E-state index contributed by atoms with van der Waals surface area (Å²) in [5.41, 5.74) is 2.21. The second-order valence-electron chi connectivity index (χ2n) is 9.51. The largest absolute Gasteiger partial charge is 0.493 e. The van der Waals surface area contributed by atoms with Gasteiger partial charge in [0.1, 0.15) is 10.8 Å². The van der Waals surface area contributed by atoms with Gasteiger partial charge in [-0.05, 0) is 54.7 Å². The van der Waals surface area contributed by atoms with E-state index >= 15 is 0 Å². The van der Waals surface area contributed by atoms with Crippen molar-refractivity contribution < 1.29 is 19.1 Å². The number of amides is 1. The minimum Gasteiger partial charge on any atom is -0.493 e. The predicted molar refractivity (Wildman–Crippen MR) is 130 cm³/mol. The van der Waals surface area contributed by atoms with Crippen LogP contribution in [0.4, 0.5) is 5.00 Å². The summed E-state index contributed by atoms with van der Waals surface area (Å²) in [5.74, 6) is 0.443. The Balaban J connectivity index is 1.86. The van der Waals surface area contributed by atoms with Gasteiger partial charge in [-0.25, -0.2) is 4.79 Å². The van der Waals surface area contributed by atoms with Crippen LogP contribution < -0.4 is 10.1 Å². The lowest BCUT2D eigenvalue weighted by atomic mass is 9.72. The average molecular weight is 458 g/mol. The number of benzene rings is 1. The molecule has 32 heavy (non-hydrogen) atoms. The number of anilines is 1. The van der Waals surface area contributed by atoms with Crippen LogP contribution in [0.5, 0.6) is 5.75 Å². The lowest BCUT2D eigenvalue weighted by Gasteiger charge is -2.33. The van der Waals surface area contributed by atoms with Gasteiger partial charge >= 0.3 is 5.97 Å². The van der Waals surface area contributed by atoms with Crippen LogP contribution in [-0.4, -0.2) is 25.6 Å². The van der Waals surface area contributed by atoms with E-state index in [1.165, 1.54) is 23.3 Å². The van der Waals surface area contributed by atoms with E-state index in [-0.39, 0.29) is 11.3 Å². The van der Waals surface area contributed by atoms with Gasteiger partial charge < -0.3 is 14.8 Å². The summed E-state index contributed by atoms with van der Waals surface area (Å²) in [6.45, 7) is 9.50. The molecule has 0 fully saturated rings. The second kappa shape index (κ2) is 10.5.